The zero-order valence-electron chi connectivity index (χ0n) is 11.4. The molecule has 7 nitrogen and oxygen atoms in total. The van der Waals surface area contributed by atoms with Crippen LogP contribution in [0.2, 0.25) is 0 Å². The first-order chi connectivity index (χ1) is 9.61. The molecule has 0 unspecified atom stereocenters. The first-order valence-corrected chi connectivity index (χ1v) is 6.72. The fraction of sp³-hybridized carbons (Fsp3) is 0.538. The van der Waals surface area contributed by atoms with Gasteiger partial charge in [0.25, 0.3) is 11.6 Å². The lowest BCUT2D eigenvalue weighted by Gasteiger charge is -2.08. The van der Waals surface area contributed by atoms with Crippen LogP contribution < -0.4 is 10.6 Å². The van der Waals surface area contributed by atoms with Crippen molar-refractivity contribution in [3.63, 3.8) is 0 Å². The molecule has 0 saturated heterocycles. The van der Waals surface area contributed by atoms with E-state index in [0.717, 1.165) is 25.0 Å². The van der Waals surface area contributed by atoms with Gasteiger partial charge in [-0.2, -0.15) is 0 Å². The zero-order chi connectivity index (χ0) is 14.5. The van der Waals surface area contributed by atoms with Gasteiger partial charge in [0.1, 0.15) is 12.0 Å². The summed E-state index contributed by atoms with van der Waals surface area (Å²) in [4.78, 5) is 26.1. The van der Waals surface area contributed by atoms with Gasteiger partial charge in [-0.3, -0.25) is 14.9 Å². The van der Waals surface area contributed by atoms with Crippen molar-refractivity contribution < 1.29 is 9.72 Å². The van der Waals surface area contributed by atoms with Crippen molar-refractivity contribution in [2.24, 2.45) is 5.92 Å². The minimum Gasteiger partial charge on any atom is -0.372 e. The molecule has 0 aromatic carbocycles. The highest BCUT2D eigenvalue weighted by atomic mass is 16.6. The number of nitrogens with one attached hydrogen (secondary N) is 2. The molecule has 1 aromatic rings. The van der Waals surface area contributed by atoms with Crippen molar-refractivity contribution in [2.45, 2.75) is 25.7 Å². The van der Waals surface area contributed by atoms with Crippen molar-refractivity contribution in [3.05, 3.63) is 27.9 Å². The number of rotatable bonds is 7. The fourth-order valence-electron chi connectivity index (χ4n) is 2.02. The van der Waals surface area contributed by atoms with Gasteiger partial charge in [0, 0.05) is 19.7 Å². The SMILES string of the molecule is CNc1ncc([N+](=O)[O-])cc1C(=O)NCCCC1CC1. The van der Waals surface area contributed by atoms with Crippen LogP contribution in [-0.4, -0.2) is 29.4 Å². The van der Waals surface area contributed by atoms with Crippen LogP contribution >= 0.6 is 0 Å². The second-order valence-electron chi connectivity index (χ2n) is 4.94. The Balaban J connectivity index is 1.98. The number of carbonyl (C=O) groups excluding carboxylic acids is 1. The highest BCUT2D eigenvalue weighted by Crippen LogP contribution is 2.33. The highest BCUT2D eigenvalue weighted by molar-refractivity contribution is 5.99. The highest BCUT2D eigenvalue weighted by Gasteiger charge is 2.21. The van der Waals surface area contributed by atoms with E-state index < -0.39 is 4.92 Å². The van der Waals surface area contributed by atoms with Gasteiger partial charge in [0.2, 0.25) is 0 Å². The molecule has 1 heterocycles. The molecule has 108 valence electrons. The van der Waals surface area contributed by atoms with E-state index in [9.17, 15) is 14.9 Å². The molecule has 1 fully saturated rings. The van der Waals surface area contributed by atoms with Crippen LogP contribution in [0.3, 0.4) is 0 Å². The van der Waals surface area contributed by atoms with Gasteiger partial charge in [0.05, 0.1) is 10.5 Å². The largest absolute Gasteiger partial charge is 0.372 e. The first kappa shape index (κ1) is 14.2. The second kappa shape index (κ2) is 6.31. The van der Waals surface area contributed by atoms with E-state index in [-0.39, 0.29) is 17.2 Å². The number of amides is 1. The Morgan fingerprint density at radius 1 is 1.55 bits per heavy atom. The third-order valence-corrected chi connectivity index (χ3v) is 3.34. The van der Waals surface area contributed by atoms with E-state index in [2.05, 4.69) is 15.6 Å². The second-order valence-corrected chi connectivity index (χ2v) is 4.94. The number of aromatic nitrogens is 1. The molecule has 0 bridgehead atoms. The molecule has 2 N–H and O–H groups in total. The summed E-state index contributed by atoms with van der Waals surface area (Å²) in [6, 6.07) is 1.25. The Morgan fingerprint density at radius 3 is 2.90 bits per heavy atom. The summed E-state index contributed by atoms with van der Waals surface area (Å²) in [6.07, 6.45) is 5.80. The molecule has 0 atom stereocenters. The number of nitro groups is 1. The van der Waals surface area contributed by atoms with Crippen molar-refractivity contribution in [2.75, 3.05) is 18.9 Å². The van der Waals surface area contributed by atoms with Crippen molar-refractivity contribution in [1.82, 2.24) is 10.3 Å². The number of anilines is 1. The van der Waals surface area contributed by atoms with Gasteiger partial charge < -0.3 is 10.6 Å². The maximum absolute atomic E-state index is 12.0. The van der Waals surface area contributed by atoms with E-state index in [0.29, 0.717) is 12.4 Å². The minimum absolute atomic E-state index is 0.188. The van der Waals surface area contributed by atoms with Gasteiger partial charge in [-0.25, -0.2) is 4.98 Å². The van der Waals surface area contributed by atoms with Crippen LogP contribution in [0.4, 0.5) is 11.5 Å². The standard InChI is InChI=1S/C13H18N4O3/c1-14-12-11(7-10(8-16-12)17(19)20)13(18)15-6-2-3-9-4-5-9/h7-9H,2-6H2,1H3,(H,14,16)(H,15,18). The van der Waals surface area contributed by atoms with Crippen LogP contribution in [0, 0.1) is 16.0 Å². The van der Waals surface area contributed by atoms with Gasteiger partial charge in [-0.1, -0.05) is 12.8 Å². The predicted octanol–water partition coefficient (Wildman–Crippen LogP) is 1.95. The molecule has 0 spiro atoms. The summed E-state index contributed by atoms with van der Waals surface area (Å²) in [5.41, 5.74) is 0.0141. The molecule has 1 aliphatic rings. The van der Waals surface area contributed by atoms with Gasteiger partial charge in [-0.05, 0) is 18.8 Å². The monoisotopic (exact) mass is 278 g/mol. The lowest BCUT2D eigenvalue weighted by Crippen LogP contribution is -2.25. The summed E-state index contributed by atoms with van der Waals surface area (Å²) in [6.45, 7) is 0.585. The van der Waals surface area contributed by atoms with Crippen LogP contribution in [0.15, 0.2) is 12.3 Å². The topological polar surface area (TPSA) is 97.2 Å². The normalized spacial score (nSPS) is 13.8. The number of nitrogens with zero attached hydrogens (tertiary/aromatic N) is 2. The molecule has 1 saturated carbocycles. The summed E-state index contributed by atoms with van der Waals surface area (Å²) < 4.78 is 0. The summed E-state index contributed by atoms with van der Waals surface area (Å²) >= 11 is 0. The van der Waals surface area contributed by atoms with E-state index in [4.69, 9.17) is 0 Å². The molecule has 1 aliphatic carbocycles. The molecule has 20 heavy (non-hydrogen) atoms. The number of hydrogen-bond acceptors (Lipinski definition) is 5. The van der Waals surface area contributed by atoms with Gasteiger partial charge in [-0.15, -0.1) is 0 Å². The lowest BCUT2D eigenvalue weighted by molar-refractivity contribution is -0.385. The Hall–Kier alpha value is -2.18. The zero-order valence-corrected chi connectivity index (χ0v) is 11.4. The molecule has 7 heteroatoms. The number of carbonyl (C=O) groups is 1. The quantitative estimate of drug-likeness (QED) is 0.451. The fourth-order valence-corrected chi connectivity index (χ4v) is 2.02. The molecule has 0 aliphatic heterocycles. The van der Waals surface area contributed by atoms with Gasteiger partial charge >= 0.3 is 0 Å². The van der Waals surface area contributed by atoms with Crippen LogP contribution in [0.5, 0.6) is 0 Å². The molecule has 1 amide bonds. The van der Waals surface area contributed by atoms with Crippen molar-refractivity contribution >= 4 is 17.4 Å². The Bertz CT molecular complexity index is 514. The summed E-state index contributed by atoms with van der Waals surface area (Å²) in [5.74, 6) is 0.843. The van der Waals surface area contributed by atoms with Gasteiger partial charge in [0.15, 0.2) is 0 Å². The molecular formula is C13H18N4O3. The molecular weight excluding hydrogens is 260 g/mol. The van der Waals surface area contributed by atoms with Crippen LogP contribution in [0.1, 0.15) is 36.0 Å². The number of pyridine rings is 1. The van der Waals surface area contributed by atoms with Crippen molar-refractivity contribution in [3.8, 4) is 0 Å². The van der Waals surface area contributed by atoms with E-state index >= 15 is 0 Å². The van der Waals surface area contributed by atoms with Crippen LogP contribution in [0.25, 0.3) is 0 Å². The third-order valence-electron chi connectivity index (χ3n) is 3.34. The third kappa shape index (κ3) is 3.66. The average molecular weight is 278 g/mol. The Kier molecular flexibility index (Phi) is 4.49. The van der Waals surface area contributed by atoms with E-state index in [1.54, 1.807) is 7.05 Å². The Labute approximate surface area is 116 Å². The maximum atomic E-state index is 12.0. The smallest absolute Gasteiger partial charge is 0.288 e. The maximum Gasteiger partial charge on any atom is 0.288 e. The Morgan fingerprint density at radius 2 is 2.30 bits per heavy atom. The van der Waals surface area contributed by atoms with Crippen LogP contribution in [-0.2, 0) is 0 Å². The number of hydrogen-bond donors (Lipinski definition) is 2. The van der Waals surface area contributed by atoms with E-state index in [1.807, 2.05) is 0 Å². The van der Waals surface area contributed by atoms with E-state index in [1.165, 1.54) is 18.9 Å². The first-order valence-electron chi connectivity index (χ1n) is 6.72. The summed E-state index contributed by atoms with van der Waals surface area (Å²) in [5, 5.41) is 16.3. The predicted molar refractivity (Wildman–Crippen MR) is 74.7 cm³/mol. The minimum atomic E-state index is -0.559. The molecule has 1 aromatic heterocycles. The molecule has 0 radical (unpaired) electrons. The summed E-state index contributed by atoms with van der Waals surface area (Å²) in [7, 11) is 1.62. The van der Waals surface area contributed by atoms with Crippen molar-refractivity contribution in [1.29, 1.82) is 0 Å². The lowest BCUT2D eigenvalue weighted by atomic mass is 10.2. The molecule has 2 rings (SSSR count). The average Bonchev–Trinajstić information content (AvgIpc) is 3.26.